The lowest BCUT2D eigenvalue weighted by Gasteiger charge is -2.32. The SMILES string of the molecule is N[C@@]1(C(=O)O)CCCCC[C@H]1c1ccccc1. The smallest absolute Gasteiger partial charge is 0.324 e. The van der Waals surface area contributed by atoms with E-state index in [1.165, 1.54) is 0 Å². The van der Waals surface area contributed by atoms with Crippen LogP contribution in [0.5, 0.6) is 0 Å². The zero-order chi connectivity index (χ0) is 12.3. The van der Waals surface area contributed by atoms with Crippen LogP contribution < -0.4 is 5.73 Å². The van der Waals surface area contributed by atoms with Gasteiger partial charge < -0.3 is 10.8 Å². The fourth-order valence-electron chi connectivity index (χ4n) is 2.78. The minimum absolute atomic E-state index is 0.0660. The van der Waals surface area contributed by atoms with Crippen molar-refractivity contribution in [2.24, 2.45) is 5.73 Å². The van der Waals surface area contributed by atoms with Crippen LogP contribution in [0.1, 0.15) is 43.6 Å². The summed E-state index contributed by atoms with van der Waals surface area (Å²) in [6.07, 6.45) is 4.49. The first-order chi connectivity index (χ1) is 8.14. The van der Waals surface area contributed by atoms with E-state index in [0.717, 1.165) is 31.2 Å². The van der Waals surface area contributed by atoms with Crippen LogP contribution in [0.15, 0.2) is 30.3 Å². The summed E-state index contributed by atoms with van der Waals surface area (Å²) in [4.78, 5) is 11.5. The molecule has 0 aromatic heterocycles. The van der Waals surface area contributed by atoms with E-state index in [9.17, 15) is 9.90 Å². The van der Waals surface area contributed by atoms with Crippen molar-refractivity contribution in [2.45, 2.75) is 43.6 Å². The molecule has 1 aliphatic rings. The van der Waals surface area contributed by atoms with Crippen molar-refractivity contribution in [3.05, 3.63) is 35.9 Å². The Bertz CT molecular complexity index is 390. The van der Waals surface area contributed by atoms with E-state index < -0.39 is 11.5 Å². The van der Waals surface area contributed by atoms with Gasteiger partial charge in [-0.3, -0.25) is 4.79 Å². The summed E-state index contributed by atoms with van der Waals surface area (Å²) in [5.41, 5.74) is 6.13. The molecule has 0 amide bonds. The number of nitrogens with two attached hydrogens (primary N) is 1. The van der Waals surface area contributed by atoms with Gasteiger partial charge in [0.2, 0.25) is 0 Å². The Morgan fingerprint density at radius 1 is 1.24 bits per heavy atom. The molecule has 3 nitrogen and oxygen atoms in total. The third-order valence-electron chi connectivity index (χ3n) is 3.81. The second kappa shape index (κ2) is 4.88. The first kappa shape index (κ1) is 12.1. The average molecular weight is 233 g/mol. The van der Waals surface area contributed by atoms with E-state index in [0.29, 0.717) is 6.42 Å². The molecule has 1 saturated carbocycles. The molecule has 3 N–H and O–H groups in total. The first-order valence-electron chi connectivity index (χ1n) is 6.22. The number of aliphatic carboxylic acids is 1. The predicted octanol–water partition coefficient (Wildman–Crippen LogP) is 2.52. The van der Waals surface area contributed by atoms with Gasteiger partial charge >= 0.3 is 5.97 Å². The lowest BCUT2D eigenvalue weighted by atomic mass is 9.76. The zero-order valence-corrected chi connectivity index (χ0v) is 9.93. The lowest BCUT2D eigenvalue weighted by Crippen LogP contribution is -2.52. The first-order valence-corrected chi connectivity index (χ1v) is 6.22. The van der Waals surface area contributed by atoms with Gasteiger partial charge in [-0.05, 0) is 18.4 Å². The summed E-state index contributed by atoms with van der Waals surface area (Å²) >= 11 is 0. The molecule has 0 unspecified atom stereocenters. The Balaban J connectivity index is 2.36. The molecule has 1 aromatic carbocycles. The maximum absolute atomic E-state index is 11.5. The summed E-state index contributed by atoms with van der Waals surface area (Å²) in [5.74, 6) is -0.933. The minimum atomic E-state index is -1.10. The number of hydrogen-bond donors (Lipinski definition) is 2. The highest BCUT2D eigenvalue weighted by Gasteiger charge is 2.43. The normalized spacial score (nSPS) is 29.6. The molecule has 0 bridgehead atoms. The Kier molecular flexibility index (Phi) is 3.48. The van der Waals surface area contributed by atoms with Crippen LogP contribution in [0.25, 0.3) is 0 Å². The number of hydrogen-bond acceptors (Lipinski definition) is 2. The molecule has 1 fully saturated rings. The second-order valence-corrected chi connectivity index (χ2v) is 4.91. The van der Waals surface area contributed by atoms with Crippen LogP contribution in [-0.2, 0) is 4.79 Å². The number of carbonyl (C=O) groups is 1. The van der Waals surface area contributed by atoms with Gasteiger partial charge in [0.1, 0.15) is 5.54 Å². The quantitative estimate of drug-likeness (QED) is 0.771. The lowest BCUT2D eigenvalue weighted by molar-refractivity contribution is -0.144. The molecule has 0 aliphatic heterocycles. The Labute approximate surface area is 102 Å². The molecule has 0 heterocycles. The third-order valence-corrected chi connectivity index (χ3v) is 3.81. The van der Waals surface area contributed by atoms with E-state index in [1.54, 1.807) is 0 Å². The van der Waals surface area contributed by atoms with E-state index in [1.807, 2.05) is 30.3 Å². The van der Waals surface area contributed by atoms with E-state index in [2.05, 4.69) is 0 Å². The zero-order valence-electron chi connectivity index (χ0n) is 9.93. The molecule has 0 radical (unpaired) electrons. The Morgan fingerprint density at radius 3 is 2.59 bits per heavy atom. The molecule has 2 atom stereocenters. The van der Waals surface area contributed by atoms with Gasteiger partial charge in [0.15, 0.2) is 0 Å². The van der Waals surface area contributed by atoms with E-state index >= 15 is 0 Å². The molecule has 17 heavy (non-hydrogen) atoms. The number of rotatable bonds is 2. The van der Waals surface area contributed by atoms with E-state index in [-0.39, 0.29) is 5.92 Å². The fraction of sp³-hybridized carbons (Fsp3) is 0.500. The van der Waals surface area contributed by atoms with Crippen molar-refractivity contribution in [1.82, 2.24) is 0 Å². The van der Waals surface area contributed by atoms with Crippen LogP contribution >= 0.6 is 0 Å². The Hall–Kier alpha value is -1.35. The molecule has 0 saturated heterocycles. The van der Waals surface area contributed by atoms with Crippen LogP contribution in [0.3, 0.4) is 0 Å². The minimum Gasteiger partial charge on any atom is -0.480 e. The van der Waals surface area contributed by atoms with Crippen LogP contribution in [0.2, 0.25) is 0 Å². The summed E-state index contributed by atoms with van der Waals surface area (Å²) in [7, 11) is 0. The highest BCUT2D eigenvalue weighted by Crippen LogP contribution is 2.38. The van der Waals surface area contributed by atoms with Gasteiger partial charge in [-0.25, -0.2) is 0 Å². The molecule has 1 aromatic rings. The molecule has 2 rings (SSSR count). The van der Waals surface area contributed by atoms with Crippen molar-refractivity contribution in [3.8, 4) is 0 Å². The Morgan fingerprint density at radius 2 is 1.94 bits per heavy atom. The fourth-order valence-corrected chi connectivity index (χ4v) is 2.78. The van der Waals surface area contributed by atoms with Crippen molar-refractivity contribution in [1.29, 1.82) is 0 Å². The average Bonchev–Trinajstić information content (AvgIpc) is 2.53. The maximum atomic E-state index is 11.5. The van der Waals surface area contributed by atoms with Gasteiger partial charge in [0.25, 0.3) is 0 Å². The largest absolute Gasteiger partial charge is 0.480 e. The highest BCUT2D eigenvalue weighted by atomic mass is 16.4. The van der Waals surface area contributed by atoms with Crippen molar-refractivity contribution in [2.75, 3.05) is 0 Å². The number of carboxylic acids is 1. The standard InChI is InChI=1S/C14H19NO2/c15-14(13(16)17)10-6-2-5-9-12(14)11-7-3-1-4-8-11/h1,3-4,7-8,12H,2,5-6,9-10,15H2,(H,16,17)/t12-,14-/m0/s1. The number of carboxylic acid groups (broad SMARTS) is 1. The molecular weight excluding hydrogens is 214 g/mol. The van der Waals surface area contributed by atoms with Crippen LogP contribution in [0.4, 0.5) is 0 Å². The van der Waals surface area contributed by atoms with Gasteiger partial charge in [-0.2, -0.15) is 0 Å². The van der Waals surface area contributed by atoms with Gasteiger partial charge in [0, 0.05) is 5.92 Å². The number of benzene rings is 1. The molecule has 0 spiro atoms. The van der Waals surface area contributed by atoms with E-state index in [4.69, 9.17) is 5.73 Å². The summed E-state index contributed by atoms with van der Waals surface area (Å²) < 4.78 is 0. The van der Waals surface area contributed by atoms with Gasteiger partial charge in [-0.1, -0.05) is 49.6 Å². The maximum Gasteiger partial charge on any atom is 0.324 e. The molecule has 92 valence electrons. The second-order valence-electron chi connectivity index (χ2n) is 4.91. The van der Waals surface area contributed by atoms with Crippen molar-refractivity contribution in [3.63, 3.8) is 0 Å². The van der Waals surface area contributed by atoms with Crippen molar-refractivity contribution >= 4 is 5.97 Å². The van der Waals surface area contributed by atoms with Crippen LogP contribution in [-0.4, -0.2) is 16.6 Å². The topological polar surface area (TPSA) is 63.3 Å². The third kappa shape index (κ3) is 2.34. The van der Waals surface area contributed by atoms with Gasteiger partial charge in [0.05, 0.1) is 0 Å². The summed E-state index contributed by atoms with van der Waals surface area (Å²) in [5, 5.41) is 9.43. The molecule has 1 aliphatic carbocycles. The summed E-state index contributed by atoms with van der Waals surface area (Å²) in [6, 6.07) is 9.81. The van der Waals surface area contributed by atoms with Gasteiger partial charge in [-0.15, -0.1) is 0 Å². The van der Waals surface area contributed by atoms with Crippen molar-refractivity contribution < 1.29 is 9.90 Å². The predicted molar refractivity (Wildman–Crippen MR) is 66.8 cm³/mol. The highest BCUT2D eigenvalue weighted by molar-refractivity contribution is 5.80. The monoisotopic (exact) mass is 233 g/mol. The molecule has 3 heteroatoms. The molecular formula is C14H19NO2. The summed E-state index contributed by atoms with van der Waals surface area (Å²) in [6.45, 7) is 0. The van der Waals surface area contributed by atoms with Crippen LogP contribution in [0, 0.1) is 0 Å².